The molecule has 0 fully saturated rings. The standard InChI is InChI=1S/C20H19F3N2O3/c21-20(22,23)15-7-4-12(5-8-15)10-18(26)24-17-3-1-2-13-11-14(19(27)25-28)6-9-16(13)17/h4-9,11,17,28H,1-3,10H2,(H,24,26)(H,25,27). The molecule has 2 aromatic carbocycles. The lowest BCUT2D eigenvalue weighted by molar-refractivity contribution is -0.137. The van der Waals surface area contributed by atoms with Gasteiger partial charge in [0.15, 0.2) is 0 Å². The van der Waals surface area contributed by atoms with E-state index in [0.717, 1.165) is 42.5 Å². The Bertz CT molecular complexity index is 879. The summed E-state index contributed by atoms with van der Waals surface area (Å²) in [5.41, 5.74) is 3.50. The van der Waals surface area contributed by atoms with Crippen LogP contribution in [0, 0.1) is 0 Å². The number of hydroxylamine groups is 1. The molecule has 0 aromatic heterocycles. The Balaban J connectivity index is 1.68. The first kappa shape index (κ1) is 19.9. The van der Waals surface area contributed by atoms with Crippen molar-refractivity contribution in [3.05, 3.63) is 70.3 Å². The van der Waals surface area contributed by atoms with Crippen LogP contribution >= 0.6 is 0 Å². The zero-order valence-electron chi connectivity index (χ0n) is 14.8. The van der Waals surface area contributed by atoms with Gasteiger partial charge in [-0.05, 0) is 60.2 Å². The second-order valence-electron chi connectivity index (χ2n) is 6.74. The van der Waals surface area contributed by atoms with Gasteiger partial charge in [0, 0.05) is 5.56 Å². The molecule has 0 radical (unpaired) electrons. The normalized spacial score (nSPS) is 16.2. The molecular formula is C20H19F3N2O3. The fraction of sp³-hybridized carbons (Fsp3) is 0.300. The predicted octanol–water partition coefficient (Wildman–Crippen LogP) is 3.56. The van der Waals surface area contributed by atoms with Crippen LogP contribution < -0.4 is 10.8 Å². The number of nitrogens with one attached hydrogen (secondary N) is 2. The Morgan fingerprint density at radius 1 is 1.11 bits per heavy atom. The third-order valence-electron chi connectivity index (χ3n) is 4.80. The Morgan fingerprint density at radius 2 is 1.82 bits per heavy atom. The van der Waals surface area contributed by atoms with Gasteiger partial charge >= 0.3 is 6.18 Å². The number of rotatable bonds is 4. The maximum Gasteiger partial charge on any atom is 0.416 e. The molecule has 3 rings (SSSR count). The Hall–Kier alpha value is -2.87. The Labute approximate surface area is 159 Å². The van der Waals surface area contributed by atoms with E-state index in [1.54, 1.807) is 23.7 Å². The van der Waals surface area contributed by atoms with Gasteiger partial charge in [-0.2, -0.15) is 13.2 Å². The smallest absolute Gasteiger partial charge is 0.349 e. The summed E-state index contributed by atoms with van der Waals surface area (Å²) in [5, 5.41) is 11.7. The van der Waals surface area contributed by atoms with Crippen LogP contribution in [0.15, 0.2) is 42.5 Å². The van der Waals surface area contributed by atoms with Gasteiger partial charge in [-0.1, -0.05) is 18.2 Å². The van der Waals surface area contributed by atoms with Crippen LogP contribution in [0.3, 0.4) is 0 Å². The number of benzene rings is 2. The maximum atomic E-state index is 12.6. The molecule has 0 spiro atoms. The molecule has 1 atom stereocenters. The average molecular weight is 392 g/mol. The summed E-state index contributed by atoms with van der Waals surface area (Å²) in [4.78, 5) is 23.9. The molecule has 0 bridgehead atoms. The zero-order chi connectivity index (χ0) is 20.3. The second-order valence-corrected chi connectivity index (χ2v) is 6.74. The van der Waals surface area contributed by atoms with Crippen LogP contribution in [-0.2, 0) is 23.8 Å². The lowest BCUT2D eigenvalue weighted by atomic mass is 9.86. The van der Waals surface area contributed by atoms with Crippen molar-refractivity contribution in [2.24, 2.45) is 0 Å². The minimum Gasteiger partial charge on any atom is -0.349 e. The van der Waals surface area contributed by atoms with Crippen LogP contribution in [0.4, 0.5) is 13.2 Å². The quantitative estimate of drug-likeness (QED) is 0.550. The number of halogens is 3. The summed E-state index contributed by atoms with van der Waals surface area (Å²) in [7, 11) is 0. The summed E-state index contributed by atoms with van der Waals surface area (Å²) in [6, 6.07) is 9.32. The van der Waals surface area contributed by atoms with Crippen molar-refractivity contribution >= 4 is 11.8 Å². The van der Waals surface area contributed by atoms with E-state index in [1.165, 1.54) is 12.1 Å². The van der Waals surface area contributed by atoms with Gasteiger partial charge in [-0.25, -0.2) is 5.48 Å². The molecule has 1 unspecified atom stereocenters. The minimum atomic E-state index is -4.40. The van der Waals surface area contributed by atoms with Gasteiger partial charge in [0.1, 0.15) is 0 Å². The number of alkyl halides is 3. The van der Waals surface area contributed by atoms with E-state index in [-0.39, 0.29) is 18.4 Å². The minimum absolute atomic E-state index is 0.0189. The molecule has 2 amide bonds. The van der Waals surface area contributed by atoms with Gasteiger partial charge in [0.25, 0.3) is 5.91 Å². The summed E-state index contributed by atoms with van der Waals surface area (Å²) < 4.78 is 37.8. The molecule has 0 saturated heterocycles. The molecule has 148 valence electrons. The molecule has 5 nitrogen and oxygen atoms in total. The SMILES string of the molecule is O=C(Cc1ccc(C(F)(F)F)cc1)NC1CCCc2cc(C(=O)NO)ccc21. The molecule has 28 heavy (non-hydrogen) atoms. The average Bonchev–Trinajstić information content (AvgIpc) is 2.66. The fourth-order valence-corrected chi connectivity index (χ4v) is 3.41. The molecule has 0 heterocycles. The third kappa shape index (κ3) is 4.51. The molecule has 1 aliphatic carbocycles. The number of aryl methyl sites for hydroxylation is 1. The van der Waals surface area contributed by atoms with Crippen LogP contribution in [0.5, 0.6) is 0 Å². The lowest BCUT2D eigenvalue weighted by Gasteiger charge is -2.27. The van der Waals surface area contributed by atoms with Gasteiger partial charge in [-0.15, -0.1) is 0 Å². The first-order valence-corrected chi connectivity index (χ1v) is 8.80. The summed E-state index contributed by atoms with van der Waals surface area (Å²) >= 11 is 0. The van der Waals surface area contributed by atoms with E-state index in [4.69, 9.17) is 5.21 Å². The van der Waals surface area contributed by atoms with Crippen molar-refractivity contribution in [2.45, 2.75) is 37.9 Å². The summed E-state index contributed by atoms with van der Waals surface area (Å²) in [6.45, 7) is 0. The van der Waals surface area contributed by atoms with E-state index in [1.807, 2.05) is 0 Å². The summed E-state index contributed by atoms with van der Waals surface area (Å²) in [6.07, 6.45) is -2.11. The monoisotopic (exact) mass is 392 g/mol. The molecule has 3 N–H and O–H groups in total. The van der Waals surface area contributed by atoms with Crippen LogP contribution in [-0.4, -0.2) is 17.0 Å². The second kappa shape index (κ2) is 8.02. The highest BCUT2D eigenvalue weighted by atomic mass is 19.4. The topological polar surface area (TPSA) is 78.4 Å². The van der Waals surface area contributed by atoms with Gasteiger partial charge in [0.2, 0.25) is 5.91 Å². The van der Waals surface area contributed by atoms with E-state index in [0.29, 0.717) is 11.1 Å². The van der Waals surface area contributed by atoms with Crippen LogP contribution in [0.2, 0.25) is 0 Å². The van der Waals surface area contributed by atoms with Crippen LogP contribution in [0.25, 0.3) is 0 Å². The third-order valence-corrected chi connectivity index (χ3v) is 4.80. The molecule has 0 saturated carbocycles. The van der Waals surface area contributed by atoms with Gasteiger partial charge in [0.05, 0.1) is 18.0 Å². The van der Waals surface area contributed by atoms with E-state index in [9.17, 15) is 22.8 Å². The zero-order valence-corrected chi connectivity index (χ0v) is 14.8. The number of carbonyl (C=O) groups is 2. The number of carbonyl (C=O) groups excluding carboxylic acids is 2. The predicted molar refractivity (Wildman–Crippen MR) is 94.7 cm³/mol. The number of fused-ring (bicyclic) bond motifs is 1. The van der Waals surface area contributed by atoms with Crippen molar-refractivity contribution in [1.82, 2.24) is 10.8 Å². The van der Waals surface area contributed by atoms with Gasteiger partial charge in [-0.3, -0.25) is 14.8 Å². The highest BCUT2D eigenvalue weighted by molar-refractivity contribution is 5.93. The number of amides is 2. The maximum absolute atomic E-state index is 12.6. The molecule has 8 heteroatoms. The lowest BCUT2D eigenvalue weighted by Crippen LogP contribution is -2.32. The van der Waals surface area contributed by atoms with Crippen molar-refractivity contribution in [3.63, 3.8) is 0 Å². The highest BCUT2D eigenvalue weighted by Gasteiger charge is 2.30. The largest absolute Gasteiger partial charge is 0.416 e. The van der Waals surface area contributed by atoms with Gasteiger partial charge < -0.3 is 5.32 Å². The van der Waals surface area contributed by atoms with Crippen molar-refractivity contribution in [1.29, 1.82) is 0 Å². The Kier molecular flexibility index (Phi) is 5.69. The Morgan fingerprint density at radius 3 is 2.46 bits per heavy atom. The molecule has 0 aliphatic heterocycles. The van der Waals surface area contributed by atoms with E-state index < -0.39 is 17.6 Å². The number of hydrogen-bond acceptors (Lipinski definition) is 3. The molecular weight excluding hydrogens is 373 g/mol. The molecule has 2 aromatic rings. The number of hydrogen-bond donors (Lipinski definition) is 3. The van der Waals surface area contributed by atoms with E-state index in [2.05, 4.69) is 5.32 Å². The van der Waals surface area contributed by atoms with Crippen molar-refractivity contribution in [2.75, 3.05) is 0 Å². The summed E-state index contributed by atoms with van der Waals surface area (Å²) in [5.74, 6) is -0.883. The van der Waals surface area contributed by atoms with Crippen molar-refractivity contribution in [3.8, 4) is 0 Å². The van der Waals surface area contributed by atoms with Crippen molar-refractivity contribution < 1.29 is 28.0 Å². The first-order chi connectivity index (χ1) is 13.3. The highest BCUT2D eigenvalue weighted by Crippen LogP contribution is 2.31. The fourth-order valence-electron chi connectivity index (χ4n) is 3.41. The van der Waals surface area contributed by atoms with Crippen LogP contribution in [0.1, 0.15) is 51.5 Å². The first-order valence-electron chi connectivity index (χ1n) is 8.80. The molecule has 1 aliphatic rings. The van der Waals surface area contributed by atoms with E-state index >= 15 is 0 Å².